The van der Waals surface area contributed by atoms with E-state index in [1.54, 1.807) is 29.0 Å². The number of esters is 1. The number of likely N-dealkylation sites (tertiary alicyclic amines) is 1. The highest BCUT2D eigenvalue weighted by Crippen LogP contribution is 2.57. The number of ether oxygens (including phenoxy) is 2. The van der Waals surface area contributed by atoms with Crippen LogP contribution in [0, 0.1) is 31.6 Å². The van der Waals surface area contributed by atoms with Crippen molar-refractivity contribution in [3.63, 3.8) is 0 Å². The molecule has 1 spiro atoms. The van der Waals surface area contributed by atoms with E-state index in [-0.39, 0.29) is 37.3 Å². The molecule has 0 unspecified atom stereocenters. The molecule has 10 heteroatoms. The number of carbonyl (C=O) groups excluding carboxylic acids is 4. The number of amides is 3. The number of cyclic esters (lactones) is 1. The zero-order chi connectivity index (χ0) is 35.9. The number of aryl methyl sites for hydroxylation is 2. The number of hydrogen-bond acceptors (Lipinski definition) is 7. The molecule has 4 aliphatic heterocycles. The number of allylic oxidation sites excluding steroid dienone is 1. The van der Waals surface area contributed by atoms with Gasteiger partial charge in [-0.3, -0.25) is 19.2 Å². The summed E-state index contributed by atoms with van der Waals surface area (Å²) in [5, 5.41) is 10.8. The number of anilines is 1. The number of aliphatic hydroxyl groups is 1. The number of carbonyl (C=O) groups is 4. The third kappa shape index (κ3) is 5.96. The van der Waals surface area contributed by atoms with E-state index >= 15 is 4.79 Å². The summed E-state index contributed by atoms with van der Waals surface area (Å²) >= 11 is 0. The molecule has 2 fully saturated rings. The molecule has 10 nitrogen and oxygen atoms in total. The summed E-state index contributed by atoms with van der Waals surface area (Å²) in [6.45, 7) is 9.51. The fourth-order valence-corrected chi connectivity index (χ4v) is 8.20. The fraction of sp³-hybridized carbons (Fsp3) is 0.500. The Kier molecular flexibility index (Phi) is 10.1. The van der Waals surface area contributed by atoms with Crippen molar-refractivity contribution in [1.29, 1.82) is 0 Å². The van der Waals surface area contributed by atoms with Crippen molar-refractivity contribution in [2.45, 2.75) is 89.8 Å². The summed E-state index contributed by atoms with van der Waals surface area (Å²) in [6.07, 6.45) is 7.06. The van der Waals surface area contributed by atoms with Gasteiger partial charge in [-0.25, -0.2) is 0 Å². The zero-order valence-corrected chi connectivity index (χ0v) is 29.8. The molecule has 2 saturated heterocycles. The van der Waals surface area contributed by atoms with Crippen molar-refractivity contribution < 1.29 is 33.8 Å². The molecule has 0 saturated carbocycles. The Morgan fingerprint density at radius 2 is 1.76 bits per heavy atom. The van der Waals surface area contributed by atoms with E-state index in [1.807, 2.05) is 95.3 Å². The lowest BCUT2D eigenvalue weighted by Gasteiger charge is -2.40. The van der Waals surface area contributed by atoms with Gasteiger partial charge >= 0.3 is 5.97 Å². The second-order valence-corrected chi connectivity index (χ2v) is 14.3. The van der Waals surface area contributed by atoms with Crippen molar-refractivity contribution in [2.75, 3.05) is 25.1 Å². The standard InChI is InChI=1S/C40H49N3O7/c1-7-25(3)30(23-44)43-36-38(47)42(29-22-24(2)17-18-26(29)4)21-13-9-12-16-32(45)41(6)27(5)35(28-14-10-8-11-15-28)49-39(48)33-31-19-20-40(36,50-31)34(33)37(43)46/h8-11,13-15,17-20,22,25,27,30-31,33-36,44H,7,12,16,21,23H2,1-6H3/b13-9-/t25-,27+,30-,31-,33+,34+,35-,36-,40+/m0/s1. The second kappa shape index (κ2) is 14.2. The third-order valence-corrected chi connectivity index (χ3v) is 11.4. The highest BCUT2D eigenvalue weighted by Gasteiger charge is 2.74. The van der Waals surface area contributed by atoms with E-state index in [9.17, 15) is 19.5 Å². The van der Waals surface area contributed by atoms with Crippen LogP contribution in [0.5, 0.6) is 0 Å². The SMILES string of the molecule is CC[C@H](C)[C@H](CO)N1C(=O)[C@H]2[C@@H]3C(=O)O[C@H](c4ccccc4)[C@@H](C)N(C)C(=O)CC/C=C\CN(c4cc(C)ccc4C)C(=O)[C@H]1[C@@]21C=C[C@@H]3O1. The second-order valence-electron chi connectivity index (χ2n) is 14.3. The first kappa shape index (κ1) is 35.5. The largest absolute Gasteiger partial charge is 0.455 e. The molecule has 4 aliphatic rings. The van der Waals surface area contributed by atoms with Crippen molar-refractivity contribution in [3.8, 4) is 0 Å². The summed E-state index contributed by atoms with van der Waals surface area (Å²) < 4.78 is 13.0. The molecule has 9 atom stereocenters. The van der Waals surface area contributed by atoms with Gasteiger partial charge in [0.1, 0.15) is 23.7 Å². The minimum absolute atomic E-state index is 0.110. The Morgan fingerprint density at radius 3 is 2.46 bits per heavy atom. The highest BCUT2D eigenvalue weighted by molar-refractivity contribution is 6.06. The van der Waals surface area contributed by atoms with Gasteiger partial charge in [0.15, 0.2) is 0 Å². The van der Waals surface area contributed by atoms with Crippen LogP contribution in [0.2, 0.25) is 0 Å². The van der Waals surface area contributed by atoms with Gasteiger partial charge in [0.25, 0.3) is 5.91 Å². The van der Waals surface area contributed by atoms with Crippen LogP contribution in [-0.2, 0) is 28.7 Å². The molecule has 6 rings (SSSR count). The first-order valence-electron chi connectivity index (χ1n) is 17.8. The first-order chi connectivity index (χ1) is 23.9. The van der Waals surface area contributed by atoms with Gasteiger partial charge in [0, 0.05) is 25.7 Å². The summed E-state index contributed by atoms with van der Waals surface area (Å²) in [5.41, 5.74) is 1.80. The lowest BCUT2D eigenvalue weighted by Crippen LogP contribution is -2.59. The van der Waals surface area contributed by atoms with Gasteiger partial charge in [0.2, 0.25) is 11.8 Å². The van der Waals surface area contributed by atoms with Gasteiger partial charge < -0.3 is 29.3 Å². The van der Waals surface area contributed by atoms with E-state index in [0.717, 1.165) is 11.1 Å². The maximum Gasteiger partial charge on any atom is 0.313 e. The lowest BCUT2D eigenvalue weighted by molar-refractivity contribution is -0.164. The maximum atomic E-state index is 15.3. The minimum Gasteiger partial charge on any atom is -0.455 e. The van der Waals surface area contributed by atoms with E-state index in [0.29, 0.717) is 24.1 Å². The number of likely N-dealkylation sites (N-methyl/N-ethyl adjacent to an activating group) is 1. The minimum atomic E-state index is -1.45. The van der Waals surface area contributed by atoms with Crippen LogP contribution in [0.15, 0.2) is 72.8 Å². The van der Waals surface area contributed by atoms with E-state index < -0.39 is 59.6 Å². The molecule has 0 aromatic heterocycles. The molecule has 266 valence electrons. The maximum absolute atomic E-state index is 15.3. The number of aliphatic hydroxyl groups excluding tert-OH is 1. The number of nitrogens with zero attached hydrogens (tertiary/aromatic N) is 3. The molecular formula is C40H49N3O7. The van der Waals surface area contributed by atoms with E-state index in [1.165, 1.54) is 4.90 Å². The van der Waals surface area contributed by atoms with Crippen LogP contribution < -0.4 is 4.90 Å². The smallest absolute Gasteiger partial charge is 0.313 e. The van der Waals surface area contributed by atoms with Gasteiger partial charge in [0.05, 0.1) is 30.7 Å². The monoisotopic (exact) mass is 683 g/mol. The zero-order valence-electron chi connectivity index (χ0n) is 29.8. The molecule has 2 aromatic carbocycles. The highest BCUT2D eigenvalue weighted by atomic mass is 16.6. The molecule has 0 aliphatic carbocycles. The van der Waals surface area contributed by atoms with Crippen molar-refractivity contribution in [2.24, 2.45) is 17.8 Å². The number of rotatable bonds is 6. The topological polar surface area (TPSA) is 117 Å². The quantitative estimate of drug-likeness (QED) is 0.348. The number of benzene rings is 2. The predicted molar refractivity (Wildman–Crippen MR) is 189 cm³/mol. The van der Waals surface area contributed by atoms with E-state index in [4.69, 9.17) is 9.47 Å². The Balaban J connectivity index is 1.51. The lowest BCUT2D eigenvalue weighted by atomic mass is 9.74. The Morgan fingerprint density at radius 1 is 1.02 bits per heavy atom. The van der Waals surface area contributed by atoms with E-state index in [2.05, 4.69) is 0 Å². The van der Waals surface area contributed by atoms with Crippen LogP contribution >= 0.6 is 0 Å². The number of hydrogen-bond donors (Lipinski definition) is 1. The Labute approximate surface area is 294 Å². The first-order valence-corrected chi connectivity index (χ1v) is 17.8. The molecule has 2 aromatic rings. The predicted octanol–water partition coefficient (Wildman–Crippen LogP) is 4.68. The van der Waals surface area contributed by atoms with Gasteiger partial charge in [-0.1, -0.05) is 87.0 Å². The molecule has 5 bridgehead atoms. The summed E-state index contributed by atoms with van der Waals surface area (Å²) in [7, 11) is 1.71. The average Bonchev–Trinajstić information content (AvgIpc) is 3.76. The average molecular weight is 684 g/mol. The fourth-order valence-electron chi connectivity index (χ4n) is 8.20. The van der Waals surface area contributed by atoms with Crippen LogP contribution in [0.25, 0.3) is 0 Å². The van der Waals surface area contributed by atoms with Crippen LogP contribution in [0.1, 0.15) is 62.8 Å². The van der Waals surface area contributed by atoms with Gasteiger partial charge in [-0.2, -0.15) is 0 Å². The molecule has 3 amide bonds. The summed E-state index contributed by atoms with van der Waals surface area (Å²) in [5.74, 6) is -3.74. The van der Waals surface area contributed by atoms with Crippen LogP contribution in [0.4, 0.5) is 5.69 Å². The van der Waals surface area contributed by atoms with Crippen molar-refractivity contribution >= 4 is 29.4 Å². The molecule has 1 N–H and O–H groups in total. The van der Waals surface area contributed by atoms with Gasteiger partial charge in [-0.05, 0) is 55.9 Å². The van der Waals surface area contributed by atoms with Crippen LogP contribution in [-0.4, -0.2) is 88.6 Å². The summed E-state index contributed by atoms with van der Waals surface area (Å²) in [6, 6.07) is 12.8. The Bertz CT molecular complexity index is 1690. The van der Waals surface area contributed by atoms with Crippen molar-refractivity contribution in [3.05, 3.63) is 89.5 Å². The molecular weight excluding hydrogens is 634 g/mol. The third-order valence-electron chi connectivity index (χ3n) is 11.4. The summed E-state index contributed by atoms with van der Waals surface area (Å²) in [4.78, 5) is 62.8. The van der Waals surface area contributed by atoms with Crippen LogP contribution in [0.3, 0.4) is 0 Å². The molecule has 4 heterocycles. The molecule has 0 radical (unpaired) electrons. The Hall–Kier alpha value is -4.28. The number of fused-ring (bicyclic) bond motifs is 2. The normalized spacial score (nSPS) is 31.9. The van der Waals surface area contributed by atoms with Gasteiger partial charge in [-0.15, -0.1) is 0 Å². The molecule has 50 heavy (non-hydrogen) atoms. The van der Waals surface area contributed by atoms with Crippen molar-refractivity contribution in [1.82, 2.24) is 9.80 Å².